The summed E-state index contributed by atoms with van der Waals surface area (Å²) in [6, 6.07) is 0.352. The van der Waals surface area contributed by atoms with Crippen LogP contribution in [0.4, 0.5) is 0 Å². The average Bonchev–Trinajstić information content (AvgIpc) is 2.60. The summed E-state index contributed by atoms with van der Waals surface area (Å²) in [5.41, 5.74) is 0. The Bertz CT molecular complexity index is 425. The van der Waals surface area contributed by atoms with Crippen LogP contribution in [0.25, 0.3) is 0 Å². The van der Waals surface area contributed by atoms with E-state index >= 15 is 0 Å². The first-order valence-electron chi connectivity index (χ1n) is 10.4. The van der Waals surface area contributed by atoms with Crippen molar-refractivity contribution in [2.24, 2.45) is 11.8 Å². The Morgan fingerprint density at radius 1 is 0.880 bits per heavy atom. The number of hydrogen-bond acceptors (Lipinski definition) is 4. The molecular formula is C20H38N4O. The van der Waals surface area contributed by atoms with Crippen molar-refractivity contribution in [2.45, 2.75) is 45.6 Å². The predicted octanol–water partition coefficient (Wildman–Crippen LogP) is 1.59. The molecule has 3 heterocycles. The van der Waals surface area contributed by atoms with Gasteiger partial charge in [0.05, 0.1) is 0 Å². The van der Waals surface area contributed by atoms with Crippen LogP contribution < -0.4 is 0 Å². The maximum atomic E-state index is 12.0. The predicted molar refractivity (Wildman–Crippen MR) is 103 cm³/mol. The lowest BCUT2D eigenvalue weighted by Gasteiger charge is -2.41. The van der Waals surface area contributed by atoms with Crippen LogP contribution in [0.1, 0.15) is 39.5 Å². The lowest BCUT2D eigenvalue weighted by Crippen LogP contribution is -2.49. The number of nitrogens with zero attached hydrogens (tertiary/aromatic N) is 4. The Kier molecular flexibility index (Phi) is 6.75. The molecule has 0 spiro atoms. The molecule has 1 atom stereocenters. The Hall–Kier alpha value is -0.650. The van der Waals surface area contributed by atoms with Gasteiger partial charge in [0.15, 0.2) is 0 Å². The van der Waals surface area contributed by atoms with Crippen molar-refractivity contribution >= 4 is 5.91 Å². The standard InChI is InChI=1S/C20H38N4O/c1-17(2)24-16-19(4-5-20(24)25)15-22-8-6-18(7-9-22)14-23-12-10-21(3)11-13-23/h17-19H,4-16H2,1-3H3. The van der Waals surface area contributed by atoms with Gasteiger partial charge in [-0.3, -0.25) is 4.79 Å². The van der Waals surface area contributed by atoms with Crippen molar-refractivity contribution in [3.8, 4) is 0 Å². The third-order valence-corrected chi connectivity index (χ3v) is 6.50. The van der Waals surface area contributed by atoms with Gasteiger partial charge in [-0.25, -0.2) is 0 Å². The van der Waals surface area contributed by atoms with Gasteiger partial charge >= 0.3 is 0 Å². The second-order valence-corrected chi connectivity index (χ2v) is 8.89. The van der Waals surface area contributed by atoms with Crippen molar-refractivity contribution in [1.82, 2.24) is 19.6 Å². The fraction of sp³-hybridized carbons (Fsp3) is 0.950. The van der Waals surface area contributed by atoms with Gasteiger partial charge in [0.25, 0.3) is 0 Å². The van der Waals surface area contributed by atoms with Gasteiger partial charge in [0.2, 0.25) is 5.91 Å². The second-order valence-electron chi connectivity index (χ2n) is 8.89. The molecule has 0 aromatic carbocycles. The molecular weight excluding hydrogens is 312 g/mol. The maximum absolute atomic E-state index is 12.0. The summed E-state index contributed by atoms with van der Waals surface area (Å²) in [6.07, 6.45) is 4.55. The normalized spacial score (nSPS) is 28.9. The summed E-state index contributed by atoms with van der Waals surface area (Å²) in [6.45, 7) is 15.2. The number of carbonyl (C=O) groups is 1. The van der Waals surface area contributed by atoms with Crippen molar-refractivity contribution in [3.05, 3.63) is 0 Å². The molecule has 0 aliphatic carbocycles. The second kappa shape index (κ2) is 8.83. The average molecular weight is 351 g/mol. The molecule has 5 nitrogen and oxygen atoms in total. The van der Waals surface area contributed by atoms with Gasteiger partial charge in [0, 0.05) is 58.3 Å². The van der Waals surface area contributed by atoms with E-state index < -0.39 is 0 Å². The Balaban J connectivity index is 1.37. The van der Waals surface area contributed by atoms with Crippen LogP contribution in [0.2, 0.25) is 0 Å². The van der Waals surface area contributed by atoms with Crippen LogP contribution in [0.3, 0.4) is 0 Å². The van der Waals surface area contributed by atoms with E-state index in [1.807, 2.05) is 0 Å². The van der Waals surface area contributed by atoms with Crippen LogP contribution in [0.5, 0.6) is 0 Å². The van der Waals surface area contributed by atoms with Crippen molar-refractivity contribution in [2.75, 3.05) is 66.0 Å². The molecule has 3 saturated heterocycles. The molecule has 3 rings (SSSR count). The number of piperazine rings is 1. The minimum absolute atomic E-state index is 0.352. The number of likely N-dealkylation sites (tertiary alicyclic amines) is 2. The van der Waals surface area contributed by atoms with Gasteiger partial charge < -0.3 is 19.6 Å². The fourth-order valence-electron chi connectivity index (χ4n) is 4.70. The van der Waals surface area contributed by atoms with E-state index in [2.05, 4.69) is 40.5 Å². The van der Waals surface area contributed by atoms with Crippen LogP contribution in [0, 0.1) is 11.8 Å². The monoisotopic (exact) mass is 350 g/mol. The van der Waals surface area contributed by atoms with Crippen molar-refractivity contribution in [3.63, 3.8) is 0 Å². The number of piperidine rings is 2. The number of amides is 1. The maximum Gasteiger partial charge on any atom is 0.222 e. The molecule has 3 fully saturated rings. The van der Waals surface area contributed by atoms with Gasteiger partial charge in [-0.05, 0) is 65.1 Å². The molecule has 1 unspecified atom stereocenters. The third-order valence-electron chi connectivity index (χ3n) is 6.50. The van der Waals surface area contributed by atoms with Crippen molar-refractivity contribution < 1.29 is 4.79 Å². The highest BCUT2D eigenvalue weighted by Crippen LogP contribution is 2.24. The van der Waals surface area contributed by atoms with Crippen LogP contribution in [-0.2, 0) is 4.79 Å². The third kappa shape index (κ3) is 5.41. The Morgan fingerprint density at radius 2 is 1.48 bits per heavy atom. The highest BCUT2D eigenvalue weighted by Gasteiger charge is 2.30. The number of carbonyl (C=O) groups excluding carboxylic acids is 1. The topological polar surface area (TPSA) is 30.0 Å². The fourth-order valence-corrected chi connectivity index (χ4v) is 4.70. The largest absolute Gasteiger partial charge is 0.340 e. The quantitative estimate of drug-likeness (QED) is 0.753. The van der Waals surface area contributed by atoms with Crippen LogP contribution in [-0.4, -0.2) is 97.5 Å². The zero-order valence-electron chi connectivity index (χ0n) is 16.6. The van der Waals surface area contributed by atoms with E-state index in [-0.39, 0.29) is 0 Å². The van der Waals surface area contributed by atoms with E-state index in [0.717, 1.165) is 25.3 Å². The zero-order valence-corrected chi connectivity index (χ0v) is 16.6. The molecule has 25 heavy (non-hydrogen) atoms. The number of likely N-dealkylation sites (N-methyl/N-ethyl adjacent to an activating group) is 1. The highest BCUT2D eigenvalue weighted by molar-refractivity contribution is 5.77. The molecule has 0 bridgehead atoms. The van der Waals surface area contributed by atoms with E-state index in [9.17, 15) is 4.79 Å². The van der Waals surface area contributed by atoms with Gasteiger partial charge in [0.1, 0.15) is 0 Å². The summed E-state index contributed by atoms with van der Waals surface area (Å²) >= 11 is 0. The summed E-state index contributed by atoms with van der Waals surface area (Å²) in [4.78, 5) is 21.9. The summed E-state index contributed by atoms with van der Waals surface area (Å²) in [7, 11) is 2.23. The lowest BCUT2D eigenvalue weighted by molar-refractivity contribution is -0.137. The summed E-state index contributed by atoms with van der Waals surface area (Å²) < 4.78 is 0. The van der Waals surface area contributed by atoms with Crippen LogP contribution in [0.15, 0.2) is 0 Å². The highest BCUT2D eigenvalue weighted by atomic mass is 16.2. The molecule has 5 heteroatoms. The molecule has 1 amide bonds. The SMILES string of the molecule is CC(C)N1CC(CN2CCC(CN3CCN(C)CC3)CC2)CCC1=O. The molecule has 3 aliphatic heterocycles. The van der Waals surface area contributed by atoms with Crippen LogP contribution >= 0.6 is 0 Å². The van der Waals surface area contributed by atoms with E-state index in [1.54, 1.807) is 0 Å². The van der Waals surface area contributed by atoms with E-state index in [4.69, 9.17) is 0 Å². The van der Waals surface area contributed by atoms with Crippen molar-refractivity contribution in [1.29, 1.82) is 0 Å². The number of hydrogen-bond donors (Lipinski definition) is 0. The first kappa shape index (κ1) is 19.1. The van der Waals surface area contributed by atoms with E-state index in [1.165, 1.54) is 65.2 Å². The summed E-state index contributed by atoms with van der Waals surface area (Å²) in [5.74, 6) is 1.92. The Labute approximate surface area is 154 Å². The summed E-state index contributed by atoms with van der Waals surface area (Å²) in [5, 5.41) is 0. The first-order valence-corrected chi connectivity index (χ1v) is 10.4. The molecule has 0 saturated carbocycles. The zero-order chi connectivity index (χ0) is 17.8. The van der Waals surface area contributed by atoms with E-state index in [0.29, 0.717) is 17.9 Å². The van der Waals surface area contributed by atoms with Gasteiger partial charge in [-0.15, -0.1) is 0 Å². The smallest absolute Gasteiger partial charge is 0.222 e. The van der Waals surface area contributed by atoms with Gasteiger partial charge in [-0.1, -0.05) is 0 Å². The minimum Gasteiger partial charge on any atom is -0.340 e. The molecule has 3 aliphatic rings. The van der Waals surface area contributed by atoms with Gasteiger partial charge in [-0.2, -0.15) is 0 Å². The molecule has 0 radical (unpaired) electrons. The molecule has 0 aromatic rings. The lowest BCUT2D eigenvalue weighted by atomic mass is 9.92. The molecule has 0 aromatic heterocycles. The molecule has 0 N–H and O–H groups in total. The number of rotatable bonds is 5. The molecule has 144 valence electrons. The first-order chi connectivity index (χ1) is 12.0. The minimum atomic E-state index is 0.352. The Morgan fingerprint density at radius 3 is 2.12 bits per heavy atom.